The van der Waals surface area contributed by atoms with Crippen LogP contribution in [0.2, 0.25) is 0 Å². The lowest BCUT2D eigenvalue weighted by Gasteiger charge is -2.26. The van der Waals surface area contributed by atoms with E-state index in [0.29, 0.717) is 5.84 Å². The number of nitrogens with one attached hydrogen (secondary N) is 1. The summed E-state index contributed by atoms with van der Waals surface area (Å²) >= 11 is 0. The van der Waals surface area contributed by atoms with Gasteiger partial charge in [-0.05, 0) is 25.3 Å². The van der Waals surface area contributed by atoms with Gasteiger partial charge >= 0.3 is 0 Å². The summed E-state index contributed by atoms with van der Waals surface area (Å²) in [5, 5.41) is 14.9. The molecule has 1 fully saturated rings. The van der Waals surface area contributed by atoms with Crippen molar-refractivity contribution in [3.05, 3.63) is 0 Å². The van der Waals surface area contributed by atoms with E-state index < -0.39 is 0 Å². The molecule has 0 aromatic rings. The van der Waals surface area contributed by atoms with Gasteiger partial charge in [0.2, 0.25) is 0 Å². The molecule has 0 aliphatic heterocycles. The van der Waals surface area contributed by atoms with E-state index in [4.69, 9.17) is 10.9 Å². The molecule has 1 rings (SSSR count). The maximum absolute atomic E-state index is 8.53. The highest BCUT2D eigenvalue weighted by atomic mass is 16.4. The zero-order valence-electron chi connectivity index (χ0n) is 8.87. The highest BCUT2D eigenvalue weighted by Gasteiger charge is 2.17. The van der Waals surface area contributed by atoms with Crippen molar-refractivity contribution >= 4 is 5.84 Å². The Bertz CT molecular complexity index is 190. The molecule has 0 aromatic carbocycles. The number of rotatable bonds is 6. The lowest BCUT2D eigenvalue weighted by atomic mass is 9.83. The van der Waals surface area contributed by atoms with Crippen LogP contribution in [0.5, 0.6) is 0 Å². The molecule has 1 saturated carbocycles. The summed E-state index contributed by atoms with van der Waals surface area (Å²) < 4.78 is 0. The second-order valence-corrected chi connectivity index (χ2v) is 4.03. The van der Waals surface area contributed by atoms with E-state index in [9.17, 15) is 0 Å². The Morgan fingerprint density at radius 2 is 2.36 bits per heavy atom. The lowest BCUT2D eigenvalue weighted by Crippen LogP contribution is -2.42. The molecule has 4 heteroatoms. The van der Waals surface area contributed by atoms with Gasteiger partial charge in [-0.2, -0.15) is 0 Å². The molecule has 0 radical (unpaired) electrons. The second kappa shape index (κ2) is 5.86. The summed E-state index contributed by atoms with van der Waals surface area (Å²) in [7, 11) is 0. The van der Waals surface area contributed by atoms with Crippen LogP contribution in [0.3, 0.4) is 0 Å². The molecule has 0 heterocycles. The topological polar surface area (TPSA) is 70.6 Å². The normalized spacial score (nSPS) is 20.5. The van der Waals surface area contributed by atoms with Crippen LogP contribution < -0.4 is 11.1 Å². The van der Waals surface area contributed by atoms with Crippen molar-refractivity contribution in [2.45, 2.75) is 45.1 Å². The molecule has 4 N–H and O–H groups in total. The highest BCUT2D eigenvalue weighted by Crippen LogP contribution is 2.28. The van der Waals surface area contributed by atoms with Crippen molar-refractivity contribution in [1.82, 2.24) is 5.32 Å². The molecule has 14 heavy (non-hydrogen) atoms. The summed E-state index contributed by atoms with van der Waals surface area (Å²) in [5.74, 6) is 1.20. The first-order chi connectivity index (χ1) is 6.77. The van der Waals surface area contributed by atoms with Gasteiger partial charge in [-0.3, -0.25) is 0 Å². The van der Waals surface area contributed by atoms with E-state index in [2.05, 4.69) is 10.5 Å². The standard InChI is InChI=1S/C10H21N3O/c1-2-9(10(11)13-14)12-7-6-8-4-3-5-8/h8-9,12,14H,2-7H2,1H3,(H2,11,13). The summed E-state index contributed by atoms with van der Waals surface area (Å²) in [6.45, 7) is 3.00. The van der Waals surface area contributed by atoms with E-state index in [0.717, 1.165) is 18.9 Å². The van der Waals surface area contributed by atoms with Crippen molar-refractivity contribution in [2.75, 3.05) is 6.54 Å². The fourth-order valence-corrected chi connectivity index (χ4v) is 1.77. The smallest absolute Gasteiger partial charge is 0.156 e. The first-order valence-electron chi connectivity index (χ1n) is 5.48. The first kappa shape index (κ1) is 11.3. The lowest BCUT2D eigenvalue weighted by molar-refractivity contribution is 0.288. The SMILES string of the molecule is CCC(NCCC1CCC1)C(N)=NO. The van der Waals surface area contributed by atoms with E-state index in [1.165, 1.54) is 25.7 Å². The molecule has 0 aromatic heterocycles. The van der Waals surface area contributed by atoms with Crippen LogP contribution in [0.4, 0.5) is 0 Å². The van der Waals surface area contributed by atoms with Crippen molar-refractivity contribution < 1.29 is 5.21 Å². The van der Waals surface area contributed by atoms with Gasteiger partial charge in [0.05, 0.1) is 6.04 Å². The molecule has 0 spiro atoms. The van der Waals surface area contributed by atoms with Crippen LogP contribution in [0.15, 0.2) is 5.16 Å². The minimum absolute atomic E-state index is 0.0278. The van der Waals surface area contributed by atoms with E-state index >= 15 is 0 Å². The number of hydrogen-bond donors (Lipinski definition) is 3. The number of amidine groups is 1. The van der Waals surface area contributed by atoms with E-state index in [-0.39, 0.29) is 6.04 Å². The summed E-state index contributed by atoms with van der Waals surface area (Å²) in [6.07, 6.45) is 6.22. The molecule has 1 aliphatic carbocycles. The summed E-state index contributed by atoms with van der Waals surface area (Å²) in [5.41, 5.74) is 5.53. The van der Waals surface area contributed by atoms with Gasteiger partial charge in [0, 0.05) is 0 Å². The highest BCUT2D eigenvalue weighted by molar-refractivity contribution is 5.85. The Balaban J connectivity index is 2.13. The molecule has 0 saturated heterocycles. The number of nitrogens with zero attached hydrogens (tertiary/aromatic N) is 1. The van der Waals surface area contributed by atoms with Crippen LogP contribution in [-0.2, 0) is 0 Å². The number of nitrogens with two attached hydrogens (primary N) is 1. The molecule has 4 nitrogen and oxygen atoms in total. The van der Waals surface area contributed by atoms with Crippen LogP contribution in [0, 0.1) is 5.92 Å². The predicted molar refractivity (Wildman–Crippen MR) is 57.4 cm³/mol. The van der Waals surface area contributed by atoms with Gasteiger partial charge in [-0.25, -0.2) is 0 Å². The van der Waals surface area contributed by atoms with Crippen LogP contribution in [0.1, 0.15) is 39.0 Å². The van der Waals surface area contributed by atoms with Crippen molar-refractivity contribution in [3.63, 3.8) is 0 Å². The molecule has 1 aliphatic rings. The third kappa shape index (κ3) is 3.18. The molecular formula is C10H21N3O. The van der Waals surface area contributed by atoms with Gasteiger partial charge in [-0.15, -0.1) is 0 Å². The van der Waals surface area contributed by atoms with Crippen molar-refractivity contribution in [3.8, 4) is 0 Å². The maximum Gasteiger partial charge on any atom is 0.156 e. The average molecular weight is 199 g/mol. The van der Waals surface area contributed by atoms with E-state index in [1.54, 1.807) is 0 Å². The first-order valence-corrected chi connectivity index (χ1v) is 5.48. The third-order valence-corrected chi connectivity index (χ3v) is 3.05. The largest absolute Gasteiger partial charge is 0.409 e. The molecule has 1 atom stereocenters. The van der Waals surface area contributed by atoms with Gasteiger partial charge in [0.25, 0.3) is 0 Å². The van der Waals surface area contributed by atoms with Crippen molar-refractivity contribution in [1.29, 1.82) is 0 Å². The quantitative estimate of drug-likeness (QED) is 0.261. The monoisotopic (exact) mass is 199 g/mol. The second-order valence-electron chi connectivity index (χ2n) is 4.03. The predicted octanol–water partition coefficient (Wildman–Crippen LogP) is 1.29. The minimum Gasteiger partial charge on any atom is -0.409 e. The van der Waals surface area contributed by atoms with Gasteiger partial charge in [-0.1, -0.05) is 31.3 Å². The molecule has 0 amide bonds. The molecule has 82 valence electrons. The van der Waals surface area contributed by atoms with Crippen molar-refractivity contribution in [2.24, 2.45) is 16.8 Å². The Labute approximate surface area is 85.6 Å². The fraction of sp³-hybridized carbons (Fsp3) is 0.900. The minimum atomic E-state index is 0.0278. The van der Waals surface area contributed by atoms with E-state index in [1.807, 2.05) is 6.92 Å². The van der Waals surface area contributed by atoms with Crippen LogP contribution in [0.25, 0.3) is 0 Å². The van der Waals surface area contributed by atoms with Gasteiger partial charge in [0.1, 0.15) is 0 Å². The van der Waals surface area contributed by atoms with Crippen LogP contribution >= 0.6 is 0 Å². The third-order valence-electron chi connectivity index (χ3n) is 3.05. The fourth-order valence-electron chi connectivity index (χ4n) is 1.77. The average Bonchev–Trinajstić information content (AvgIpc) is 2.14. The Kier molecular flexibility index (Phi) is 4.73. The summed E-state index contributed by atoms with van der Waals surface area (Å²) in [4.78, 5) is 0. The zero-order valence-corrected chi connectivity index (χ0v) is 8.87. The van der Waals surface area contributed by atoms with Gasteiger partial charge < -0.3 is 16.3 Å². The molecule has 0 bridgehead atoms. The molecular weight excluding hydrogens is 178 g/mol. The zero-order chi connectivity index (χ0) is 10.4. The Morgan fingerprint density at radius 3 is 2.79 bits per heavy atom. The Morgan fingerprint density at radius 1 is 1.64 bits per heavy atom. The number of oxime groups is 1. The van der Waals surface area contributed by atoms with Crippen LogP contribution in [-0.4, -0.2) is 23.6 Å². The summed E-state index contributed by atoms with van der Waals surface area (Å²) in [6, 6.07) is 0.0278. The molecule has 1 unspecified atom stereocenters. The number of hydrogen-bond acceptors (Lipinski definition) is 3. The van der Waals surface area contributed by atoms with Gasteiger partial charge in [0.15, 0.2) is 5.84 Å². The Hall–Kier alpha value is -0.770. The maximum atomic E-state index is 8.53.